The van der Waals surface area contributed by atoms with Crippen molar-refractivity contribution >= 4 is 27.6 Å². The van der Waals surface area contributed by atoms with E-state index in [1.807, 2.05) is 13.8 Å². The maximum atomic E-state index is 10.8. The Morgan fingerprint density at radius 1 is 1.53 bits per heavy atom. The van der Waals surface area contributed by atoms with Gasteiger partial charge in [0.05, 0.1) is 11.2 Å². The summed E-state index contributed by atoms with van der Waals surface area (Å²) in [6.07, 6.45) is 0. The van der Waals surface area contributed by atoms with Crippen LogP contribution in [0, 0.1) is 0 Å². The molecule has 0 aromatic heterocycles. The molecule has 0 spiro atoms. The predicted octanol–water partition coefficient (Wildman–Crippen LogP) is 2.98. The van der Waals surface area contributed by atoms with E-state index in [1.165, 1.54) is 0 Å². The van der Waals surface area contributed by atoms with Crippen LogP contribution in [0.5, 0.6) is 0 Å². The van der Waals surface area contributed by atoms with Crippen LogP contribution in [0.25, 0.3) is 0 Å². The largest absolute Gasteiger partial charge is 0.478 e. The van der Waals surface area contributed by atoms with Crippen molar-refractivity contribution in [1.29, 1.82) is 0 Å². The van der Waals surface area contributed by atoms with Crippen molar-refractivity contribution in [2.24, 2.45) is 0 Å². The highest BCUT2D eigenvalue weighted by Gasteiger charge is 2.16. The first-order chi connectivity index (χ1) is 7.85. The molecule has 94 valence electrons. The third kappa shape index (κ3) is 4.02. The molecule has 0 fully saturated rings. The lowest BCUT2D eigenvalue weighted by Crippen LogP contribution is -2.32. The van der Waals surface area contributed by atoms with Crippen LogP contribution in [0.2, 0.25) is 0 Å². The maximum Gasteiger partial charge on any atom is 0.335 e. The lowest BCUT2D eigenvalue weighted by Gasteiger charge is -2.24. The third-order valence-electron chi connectivity index (χ3n) is 2.47. The second-order valence-corrected chi connectivity index (χ2v) is 5.17. The highest BCUT2D eigenvalue weighted by Crippen LogP contribution is 2.24. The molecular formula is C12H16BrNO3. The smallest absolute Gasteiger partial charge is 0.335 e. The van der Waals surface area contributed by atoms with E-state index < -0.39 is 5.97 Å². The second-order valence-electron chi connectivity index (χ2n) is 4.32. The fourth-order valence-corrected chi connectivity index (χ4v) is 1.69. The number of halogens is 1. The molecule has 1 aromatic rings. The average molecular weight is 302 g/mol. The van der Waals surface area contributed by atoms with Crippen LogP contribution >= 0.6 is 15.9 Å². The van der Waals surface area contributed by atoms with Crippen LogP contribution in [-0.4, -0.2) is 30.3 Å². The molecular weight excluding hydrogens is 286 g/mol. The summed E-state index contributed by atoms with van der Waals surface area (Å²) in [7, 11) is 1.66. The fraction of sp³-hybridized carbons (Fsp3) is 0.417. The van der Waals surface area contributed by atoms with Crippen molar-refractivity contribution in [1.82, 2.24) is 0 Å². The van der Waals surface area contributed by atoms with Gasteiger partial charge in [0.2, 0.25) is 0 Å². The number of carbonyl (C=O) groups is 1. The number of anilines is 1. The van der Waals surface area contributed by atoms with Crippen LogP contribution < -0.4 is 5.32 Å². The first-order valence-electron chi connectivity index (χ1n) is 5.17. The van der Waals surface area contributed by atoms with Crippen molar-refractivity contribution in [3.63, 3.8) is 0 Å². The van der Waals surface area contributed by atoms with E-state index in [2.05, 4.69) is 21.2 Å². The van der Waals surface area contributed by atoms with E-state index in [1.54, 1.807) is 25.3 Å². The van der Waals surface area contributed by atoms with Gasteiger partial charge in [-0.25, -0.2) is 4.79 Å². The molecule has 0 saturated carbocycles. The minimum Gasteiger partial charge on any atom is -0.478 e. The Morgan fingerprint density at radius 3 is 2.65 bits per heavy atom. The van der Waals surface area contributed by atoms with Gasteiger partial charge in [0, 0.05) is 23.8 Å². The molecule has 0 aliphatic heterocycles. The Labute approximate surface area is 109 Å². The molecule has 0 aliphatic carbocycles. The molecule has 17 heavy (non-hydrogen) atoms. The summed E-state index contributed by atoms with van der Waals surface area (Å²) in [6, 6.07) is 4.87. The van der Waals surface area contributed by atoms with Crippen molar-refractivity contribution in [2.45, 2.75) is 19.4 Å². The number of ether oxygens (including phenoxy) is 1. The predicted molar refractivity (Wildman–Crippen MR) is 70.7 cm³/mol. The number of benzene rings is 1. The Kier molecular flexibility index (Phi) is 4.54. The maximum absolute atomic E-state index is 10.8. The summed E-state index contributed by atoms with van der Waals surface area (Å²) in [4.78, 5) is 10.8. The molecule has 0 heterocycles. The number of hydrogen-bond donors (Lipinski definition) is 2. The normalized spacial score (nSPS) is 11.3. The highest BCUT2D eigenvalue weighted by molar-refractivity contribution is 9.10. The number of methoxy groups -OCH3 is 1. The molecule has 0 aliphatic rings. The first kappa shape index (κ1) is 14.0. The average Bonchev–Trinajstić information content (AvgIpc) is 2.27. The molecule has 4 nitrogen and oxygen atoms in total. The van der Waals surface area contributed by atoms with Crippen LogP contribution in [0.3, 0.4) is 0 Å². The molecule has 0 atom stereocenters. The molecule has 5 heteroatoms. The minimum absolute atomic E-state index is 0.258. The summed E-state index contributed by atoms with van der Waals surface area (Å²) in [6.45, 7) is 4.58. The van der Waals surface area contributed by atoms with E-state index >= 15 is 0 Å². The molecule has 1 rings (SSSR count). The minimum atomic E-state index is -0.936. The van der Waals surface area contributed by atoms with Gasteiger partial charge >= 0.3 is 5.97 Å². The van der Waals surface area contributed by atoms with E-state index in [-0.39, 0.29) is 11.2 Å². The van der Waals surface area contributed by atoms with Gasteiger partial charge in [-0.2, -0.15) is 0 Å². The number of nitrogens with one attached hydrogen (secondary N) is 1. The van der Waals surface area contributed by atoms with Crippen LogP contribution in [0.1, 0.15) is 24.2 Å². The monoisotopic (exact) mass is 301 g/mol. The Bertz CT molecular complexity index is 418. The van der Waals surface area contributed by atoms with E-state index in [0.717, 1.165) is 10.2 Å². The Balaban J connectivity index is 2.77. The van der Waals surface area contributed by atoms with Gasteiger partial charge in [-0.15, -0.1) is 0 Å². The molecule has 0 unspecified atom stereocenters. The van der Waals surface area contributed by atoms with Crippen molar-refractivity contribution in [2.75, 3.05) is 19.0 Å². The van der Waals surface area contributed by atoms with Crippen LogP contribution in [-0.2, 0) is 4.74 Å². The van der Waals surface area contributed by atoms with Gasteiger partial charge < -0.3 is 15.2 Å². The van der Waals surface area contributed by atoms with Crippen LogP contribution in [0.15, 0.2) is 22.7 Å². The van der Waals surface area contributed by atoms with Gasteiger partial charge in [-0.05, 0) is 48.0 Å². The van der Waals surface area contributed by atoms with Gasteiger partial charge in [0.25, 0.3) is 0 Å². The number of hydrogen-bond acceptors (Lipinski definition) is 3. The van der Waals surface area contributed by atoms with Crippen molar-refractivity contribution in [3.8, 4) is 0 Å². The van der Waals surface area contributed by atoms with E-state index in [4.69, 9.17) is 9.84 Å². The molecule has 2 N–H and O–H groups in total. The summed E-state index contributed by atoms with van der Waals surface area (Å²) in [5, 5.41) is 12.0. The standard InChI is InChI=1S/C12H16BrNO3/c1-12(2,17-3)7-14-10-5-4-8(11(15)16)6-9(10)13/h4-6,14H,7H2,1-3H3,(H,15,16). The molecule has 1 aromatic carbocycles. The lowest BCUT2D eigenvalue weighted by molar-refractivity contribution is 0.0343. The topological polar surface area (TPSA) is 58.6 Å². The zero-order valence-electron chi connectivity index (χ0n) is 10.1. The van der Waals surface area contributed by atoms with Crippen molar-refractivity contribution in [3.05, 3.63) is 28.2 Å². The zero-order chi connectivity index (χ0) is 13.1. The lowest BCUT2D eigenvalue weighted by atomic mass is 10.1. The highest BCUT2D eigenvalue weighted by atomic mass is 79.9. The quantitative estimate of drug-likeness (QED) is 0.878. The Morgan fingerprint density at radius 2 is 2.18 bits per heavy atom. The summed E-state index contributed by atoms with van der Waals surface area (Å²) in [5.41, 5.74) is 0.832. The fourth-order valence-electron chi connectivity index (χ4n) is 1.17. The SMILES string of the molecule is COC(C)(C)CNc1ccc(C(=O)O)cc1Br. The van der Waals surface area contributed by atoms with Crippen molar-refractivity contribution < 1.29 is 14.6 Å². The Hall–Kier alpha value is -1.07. The summed E-state index contributed by atoms with van der Waals surface area (Å²) in [5.74, 6) is -0.936. The van der Waals surface area contributed by atoms with E-state index in [0.29, 0.717) is 6.54 Å². The number of carboxylic acid groups (broad SMARTS) is 1. The number of rotatable bonds is 5. The van der Waals surface area contributed by atoms with Gasteiger partial charge in [-0.3, -0.25) is 0 Å². The molecule has 0 bridgehead atoms. The molecule has 0 saturated heterocycles. The van der Waals surface area contributed by atoms with Gasteiger partial charge in [-0.1, -0.05) is 0 Å². The van der Waals surface area contributed by atoms with Gasteiger partial charge in [0.15, 0.2) is 0 Å². The zero-order valence-corrected chi connectivity index (χ0v) is 11.7. The third-order valence-corrected chi connectivity index (χ3v) is 3.13. The first-order valence-corrected chi connectivity index (χ1v) is 5.97. The van der Waals surface area contributed by atoms with E-state index in [9.17, 15) is 4.79 Å². The summed E-state index contributed by atoms with van der Waals surface area (Å²) >= 11 is 3.34. The van der Waals surface area contributed by atoms with Gasteiger partial charge in [0.1, 0.15) is 0 Å². The molecule has 0 amide bonds. The second kappa shape index (κ2) is 5.51. The number of carboxylic acids is 1. The number of aromatic carboxylic acids is 1. The molecule has 0 radical (unpaired) electrons. The van der Waals surface area contributed by atoms with Crippen LogP contribution in [0.4, 0.5) is 5.69 Å². The summed E-state index contributed by atoms with van der Waals surface area (Å²) < 4.78 is 6.02.